The number of benzene rings is 1. The van der Waals surface area contributed by atoms with Crippen molar-refractivity contribution in [3.8, 4) is 0 Å². The van der Waals surface area contributed by atoms with E-state index in [9.17, 15) is 37.2 Å². The third-order valence-electron chi connectivity index (χ3n) is 11.1. The van der Waals surface area contributed by atoms with Crippen molar-refractivity contribution in [2.45, 2.75) is 134 Å². The van der Waals surface area contributed by atoms with Crippen LogP contribution in [0, 0.1) is 11.3 Å². The Morgan fingerprint density at radius 1 is 1.05 bits per heavy atom. The summed E-state index contributed by atoms with van der Waals surface area (Å²) in [5.41, 5.74) is -0.481. The number of hydrogen-bond acceptors (Lipinski definition) is 11. The van der Waals surface area contributed by atoms with Crippen LogP contribution in [-0.4, -0.2) is 114 Å². The van der Waals surface area contributed by atoms with Gasteiger partial charge in [-0.05, 0) is 75.0 Å². The lowest BCUT2D eigenvalue weighted by atomic mass is 9.85. The van der Waals surface area contributed by atoms with E-state index in [0.29, 0.717) is 38.8 Å². The Bertz CT molecular complexity index is 1960. The van der Waals surface area contributed by atoms with Crippen molar-refractivity contribution in [2.75, 3.05) is 19.8 Å². The molecule has 6 amide bonds. The van der Waals surface area contributed by atoms with Gasteiger partial charge < -0.3 is 35.1 Å². The molecule has 1 saturated heterocycles. The number of aryl methyl sites for hydroxylation is 1. The first-order chi connectivity index (χ1) is 27.1. The molecule has 318 valence electrons. The summed E-state index contributed by atoms with van der Waals surface area (Å²) in [6, 6.07) is 2.00. The zero-order chi connectivity index (χ0) is 42.4. The highest BCUT2D eigenvalue weighted by Crippen LogP contribution is 2.45. The molecule has 0 aromatic heterocycles. The normalized spacial score (nSPS) is 28.2. The summed E-state index contributed by atoms with van der Waals surface area (Å²) in [4.78, 5) is 86.1. The third-order valence-corrected chi connectivity index (χ3v) is 12.9. The predicted molar refractivity (Wildman–Crippen MR) is 209 cm³/mol. The number of sulfonamides is 1. The van der Waals surface area contributed by atoms with Gasteiger partial charge in [-0.25, -0.2) is 18.0 Å². The van der Waals surface area contributed by atoms with Crippen molar-refractivity contribution in [3.63, 3.8) is 0 Å². The Kier molecular flexibility index (Phi) is 11.9. The molecular formula is C40H56N6O11S. The SMILES string of the molecule is C=CC1CC1(NC(=O)C1CC2CN1C(=O)C(C(C)(C)C)NC(=O)C(NC(=O)OC(C)(C)C)COCCCc1cccc3c1CN(C3)C(=O)O2)C(=O)NS(=O)(=O)C1CC1. The molecule has 6 unspecified atom stereocenters. The molecule has 1 aromatic carbocycles. The van der Waals surface area contributed by atoms with Gasteiger partial charge in [0.15, 0.2) is 0 Å². The number of nitrogens with one attached hydrogen (secondary N) is 4. The van der Waals surface area contributed by atoms with Gasteiger partial charge in [0.2, 0.25) is 27.7 Å². The molecule has 3 aliphatic heterocycles. The van der Waals surface area contributed by atoms with Crippen LogP contribution < -0.4 is 20.7 Å². The van der Waals surface area contributed by atoms with E-state index in [2.05, 4.69) is 27.3 Å². The number of carbonyl (C=O) groups excluding carboxylic acids is 6. The highest BCUT2D eigenvalue weighted by Gasteiger charge is 2.62. The number of fused-ring (bicyclic) bond motifs is 3. The van der Waals surface area contributed by atoms with Crippen LogP contribution in [0.25, 0.3) is 0 Å². The van der Waals surface area contributed by atoms with E-state index < -0.39 is 97.8 Å². The molecule has 0 spiro atoms. The van der Waals surface area contributed by atoms with Crippen LogP contribution in [0.1, 0.15) is 90.3 Å². The van der Waals surface area contributed by atoms with Gasteiger partial charge in [-0.3, -0.25) is 28.8 Å². The molecule has 1 aromatic rings. The van der Waals surface area contributed by atoms with Gasteiger partial charge in [0.25, 0.3) is 5.91 Å². The largest absolute Gasteiger partial charge is 0.444 e. The van der Waals surface area contributed by atoms with Gasteiger partial charge in [0, 0.05) is 32.0 Å². The maximum atomic E-state index is 14.7. The van der Waals surface area contributed by atoms with Crippen LogP contribution in [0.5, 0.6) is 0 Å². The minimum atomic E-state index is -3.95. The Labute approximate surface area is 339 Å². The van der Waals surface area contributed by atoms with Gasteiger partial charge in [-0.15, -0.1) is 6.58 Å². The average molecular weight is 829 g/mol. The zero-order valence-corrected chi connectivity index (χ0v) is 34.9. The van der Waals surface area contributed by atoms with Gasteiger partial charge in [0.05, 0.1) is 18.4 Å². The van der Waals surface area contributed by atoms with E-state index in [1.165, 1.54) is 11.0 Å². The number of amides is 6. The van der Waals surface area contributed by atoms with Crippen molar-refractivity contribution >= 4 is 45.8 Å². The van der Waals surface area contributed by atoms with E-state index in [4.69, 9.17) is 14.2 Å². The first-order valence-corrected chi connectivity index (χ1v) is 21.4. The molecule has 4 N–H and O–H groups in total. The zero-order valence-electron chi connectivity index (χ0n) is 34.1. The van der Waals surface area contributed by atoms with Crippen LogP contribution >= 0.6 is 0 Å². The van der Waals surface area contributed by atoms with Crippen molar-refractivity contribution in [1.82, 2.24) is 30.5 Å². The van der Waals surface area contributed by atoms with E-state index >= 15 is 0 Å². The fourth-order valence-electron chi connectivity index (χ4n) is 7.72. The van der Waals surface area contributed by atoms with Gasteiger partial charge in [0.1, 0.15) is 35.4 Å². The van der Waals surface area contributed by atoms with Gasteiger partial charge in [-0.2, -0.15) is 0 Å². The molecule has 18 heteroatoms. The van der Waals surface area contributed by atoms with Crippen molar-refractivity contribution < 1.29 is 51.4 Å². The predicted octanol–water partition coefficient (Wildman–Crippen LogP) is 2.16. The average Bonchev–Trinajstić information content (AvgIpc) is 4.01. The third kappa shape index (κ3) is 9.59. The molecule has 5 aliphatic rings. The molecular weight excluding hydrogens is 773 g/mol. The highest BCUT2D eigenvalue weighted by atomic mass is 32.2. The van der Waals surface area contributed by atoms with E-state index in [0.717, 1.165) is 16.7 Å². The summed E-state index contributed by atoms with van der Waals surface area (Å²) in [6.45, 7) is 14.3. The Hall–Kier alpha value is -4.71. The van der Waals surface area contributed by atoms with Crippen LogP contribution in [0.15, 0.2) is 30.9 Å². The fraction of sp³-hybridized carbons (Fsp3) is 0.650. The number of nitrogens with zero attached hydrogens (tertiary/aromatic N) is 2. The molecule has 58 heavy (non-hydrogen) atoms. The quantitative estimate of drug-likeness (QED) is 0.292. The first kappa shape index (κ1) is 42.9. The molecule has 6 rings (SSSR count). The van der Waals surface area contributed by atoms with Crippen LogP contribution in [0.4, 0.5) is 9.59 Å². The second kappa shape index (κ2) is 16.2. The van der Waals surface area contributed by atoms with Crippen LogP contribution in [0.2, 0.25) is 0 Å². The number of carbonyl (C=O) groups is 6. The first-order valence-electron chi connectivity index (χ1n) is 19.9. The van der Waals surface area contributed by atoms with E-state index in [-0.39, 0.29) is 32.6 Å². The Balaban J connectivity index is 1.31. The molecule has 3 heterocycles. The van der Waals surface area contributed by atoms with E-state index in [1.807, 2.05) is 18.2 Å². The Morgan fingerprint density at radius 2 is 1.76 bits per heavy atom. The smallest absolute Gasteiger partial charge is 0.410 e. The molecule has 6 atom stereocenters. The number of alkyl carbamates (subject to hydrolysis) is 1. The lowest BCUT2D eigenvalue weighted by molar-refractivity contribution is -0.145. The van der Waals surface area contributed by atoms with Crippen LogP contribution in [-0.2, 0) is 62.9 Å². The maximum absolute atomic E-state index is 14.7. The standard InChI is InChI=1S/C40H56N6O11S/c1-8-25-18-40(25,35(50)44-58(53,54)27-14-15-27)43-33(48)30-17-26-20-46(30)34(49)31(38(2,3)4)42-32(47)29(41-36(51)57-39(5,6)7)22-55-16-10-13-23-11-9-12-24-19-45(21-28(23)24)37(52)56-26/h8-9,11-12,25-27,29-31H,1,10,13-22H2,2-7H3,(H,41,51)(H,42,47)(H,43,48)(H,44,50). The van der Waals surface area contributed by atoms with Crippen molar-refractivity contribution in [3.05, 3.63) is 47.5 Å². The summed E-state index contributed by atoms with van der Waals surface area (Å²) < 4.78 is 44.9. The number of hydrogen-bond donors (Lipinski definition) is 4. The van der Waals surface area contributed by atoms with Gasteiger partial charge >= 0.3 is 12.2 Å². The topological polar surface area (TPSA) is 219 Å². The van der Waals surface area contributed by atoms with E-state index in [1.54, 1.807) is 46.4 Å². The summed E-state index contributed by atoms with van der Waals surface area (Å²) in [5.74, 6) is -3.68. The molecule has 17 nitrogen and oxygen atoms in total. The Morgan fingerprint density at radius 3 is 2.40 bits per heavy atom. The minimum absolute atomic E-state index is 0.0830. The summed E-state index contributed by atoms with van der Waals surface area (Å²) >= 11 is 0. The second-order valence-electron chi connectivity index (χ2n) is 18.0. The molecule has 0 radical (unpaired) electrons. The van der Waals surface area contributed by atoms with Gasteiger partial charge in [-0.1, -0.05) is 45.0 Å². The second-order valence-corrected chi connectivity index (χ2v) is 20.0. The highest BCUT2D eigenvalue weighted by molar-refractivity contribution is 7.91. The lowest BCUT2D eigenvalue weighted by Crippen LogP contribution is -2.62. The minimum Gasteiger partial charge on any atom is -0.444 e. The molecule has 4 bridgehead atoms. The van der Waals surface area contributed by atoms with Crippen LogP contribution in [0.3, 0.4) is 0 Å². The number of ether oxygens (including phenoxy) is 3. The summed E-state index contributed by atoms with van der Waals surface area (Å²) in [6.07, 6.45) is 0.994. The summed E-state index contributed by atoms with van der Waals surface area (Å²) in [7, 11) is -3.95. The fourth-order valence-corrected chi connectivity index (χ4v) is 9.09. The monoisotopic (exact) mass is 828 g/mol. The summed E-state index contributed by atoms with van der Waals surface area (Å²) in [5, 5.41) is 7.41. The number of rotatable bonds is 7. The molecule has 3 fully saturated rings. The maximum Gasteiger partial charge on any atom is 0.410 e. The molecule has 2 saturated carbocycles. The van der Waals surface area contributed by atoms with Crippen molar-refractivity contribution in [1.29, 1.82) is 0 Å². The molecule has 2 aliphatic carbocycles. The van der Waals surface area contributed by atoms with Crippen molar-refractivity contribution in [2.24, 2.45) is 11.3 Å². The lowest BCUT2D eigenvalue weighted by Gasteiger charge is -2.36.